The number of nitrogens with zero attached hydrogens (tertiary/aromatic N) is 1. The van der Waals surface area contributed by atoms with Crippen molar-refractivity contribution >= 4 is 37.6 Å². The SMILES string of the molecule is CC(C)(C)OC(=O)C1CCN1C(=O)[CH]([Pb])c1ccccc1. The molecular formula is C16H20NO3Pb. The van der Waals surface area contributed by atoms with Gasteiger partial charge in [0.25, 0.3) is 0 Å². The van der Waals surface area contributed by atoms with Gasteiger partial charge in [-0.25, -0.2) is 0 Å². The van der Waals surface area contributed by atoms with E-state index in [1.807, 2.05) is 51.1 Å². The second-order valence-corrected chi connectivity index (χ2v) is 8.46. The number of likely N-dealkylation sites (tertiary alicyclic amines) is 1. The van der Waals surface area contributed by atoms with Gasteiger partial charge in [0.15, 0.2) is 0 Å². The van der Waals surface area contributed by atoms with Crippen LogP contribution < -0.4 is 0 Å². The van der Waals surface area contributed by atoms with E-state index in [-0.39, 0.29) is 15.4 Å². The minimum absolute atomic E-state index is 0.0509. The first-order valence-corrected chi connectivity index (χ1v) is 9.33. The van der Waals surface area contributed by atoms with E-state index in [1.54, 1.807) is 4.90 Å². The van der Waals surface area contributed by atoms with Crippen molar-refractivity contribution in [3.63, 3.8) is 0 Å². The van der Waals surface area contributed by atoms with Gasteiger partial charge in [-0.15, -0.1) is 0 Å². The maximum atomic E-state index is 12.6. The molecule has 2 atom stereocenters. The van der Waals surface area contributed by atoms with E-state index in [9.17, 15) is 9.59 Å². The summed E-state index contributed by atoms with van der Waals surface area (Å²) >= 11 is 0.733. The maximum absolute atomic E-state index is 12.6. The van der Waals surface area contributed by atoms with Gasteiger partial charge in [-0.2, -0.15) is 0 Å². The summed E-state index contributed by atoms with van der Waals surface area (Å²) in [6.45, 7) is 6.17. The molecule has 21 heavy (non-hydrogen) atoms. The van der Waals surface area contributed by atoms with Crippen LogP contribution in [0.4, 0.5) is 0 Å². The third-order valence-electron chi connectivity index (χ3n) is 3.36. The Labute approximate surface area is 141 Å². The van der Waals surface area contributed by atoms with Crippen molar-refractivity contribution in [1.29, 1.82) is 0 Å². The van der Waals surface area contributed by atoms with Crippen LogP contribution >= 0.6 is 0 Å². The summed E-state index contributed by atoms with van der Waals surface area (Å²) in [5.41, 5.74) is 0.519. The molecule has 0 bridgehead atoms. The normalized spacial score (nSPS) is 19.6. The number of benzene rings is 1. The Kier molecular flexibility index (Phi) is 5.06. The fourth-order valence-corrected chi connectivity index (χ4v) is 3.61. The van der Waals surface area contributed by atoms with Gasteiger partial charge in [0.05, 0.1) is 0 Å². The number of ether oxygens (including phenoxy) is 1. The van der Waals surface area contributed by atoms with Gasteiger partial charge in [0.2, 0.25) is 0 Å². The van der Waals surface area contributed by atoms with E-state index in [0.29, 0.717) is 13.0 Å². The monoisotopic (exact) mass is 482 g/mol. The van der Waals surface area contributed by atoms with Crippen LogP contribution in [0.25, 0.3) is 0 Å². The number of hydrogen-bond acceptors (Lipinski definition) is 3. The topological polar surface area (TPSA) is 46.6 Å². The van der Waals surface area contributed by atoms with Crippen molar-refractivity contribution in [2.24, 2.45) is 0 Å². The Balaban J connectivity index is 2.02. The molecule has 0 N–H and O–H groups in total. The van der Waals surface area contributed by atoms with E-state index in [4.69, 9.17) is 4.74 Å². The zero-order chi connectivity index (χ0) is 15.6. The van der Waals surface area contributed by atoms with Crippen LogP contribution in [0.3, 0.4) is 0 Å². The first kappa shape index (κ1) is 16.5. The van der Waals surface area contributed by atoms with Crippen LogP contribution in [0.1, 0.15) is 36.2 Å². The first-order valence-electron chi connectivity index (χ1n) is 7.09. The summed E-state index contributed by atoms with van der Waals surface area (Å²) in [5.74, 6) is -0.237. The molecule has 4 nitrogen and oxygen atoms in total. The molecule has 0 aromatic heterocycles. The van der Waals surface area contributed by atoms with Crippen molar-refractivity contribution < 1.29 is 14.3 Å². The second kappa shape index (κ2) is 6.46. The number of rotatable bonds is 3. The third-order valence-corrected chi connectivity index (χ3v) is 5.62. The standard InChI is InChI=1S/C16H20NO3.Pb/c1-16(2,3)20-15(19)13-9-10-17(13)14(18)11-12-7-5-4-6-8-12;/h4-8,11,13H,9-10H2,1-3H3;. The van der Waals surface area contributed by atoms with Crippen molar-refractivity contribution in [1.82, 2.24) is 4.90 Å². The van der Waals surface area contributed by atoms with Crippen molar-refractivity contribution in [3.8, 4) is 0 Å². The zero-order valence-corrected chi connectivity index (χ0v) is 16.5. The summed E-state index contributed by atoms with van der Waals surface area (Å²) in [7, 11) is 0. The van der Waals surface area contributed by atoms with Crippen LogP contribution in [0.5, 0.6) is 0 Å². The molecule has 1 aromatic rings. The van der Waals surface area contributed by atoms with E-state index in [2.05, 4.69) is 0 Å². The molecular weight excluding hydrogens is 461 g/mol. The van der Waals surface area contributed by atoms with Gasteiger partial charge in [0.1, 0.15) is 0 Å². The summed E-state index contributed by atoms with van der Waals surface area (Å²) in [6.07, 6.45) is 0.698. The molecule has 0 aliphatic carbocycles. The van der Waals surface area contributed by atoms with Gasteiger partial charge in [-0.3, -0.25) is 0 Å². The Morgan fingerprint density at radius 2 is 1.90 bits per heavy atom. The number of carbonyl (C=O) groups excluding carboxylic acids is 2. The molecule has 3 radical (unpaired) electrons. The molecule has 1 heterocycles. The fraction of sp³-hybridized carbons (Fsp3) is 0.500. The van der Waals surface area contributed by atoms with Gasteiger partial charge < -0.3 is 0 Å². The third kappa shape index (κ3) is 4.05. The molecule has 1 aromatic carbocycles. The Bertz CT molecular complexity index is 524. The Morgan fingerprint density at radius 1 is 1.29 bits per heavy atom. The number of carbonyl (C=O) groups is 2. The number of esters is 1. The summed E-state index contributed by atoms with van der Waals surface area (Å²) in [6, 6.07) is 9.35. The molecule has 0 saturated carbocycles. The van der Waals surface area contributed by atoms with Crippen molar-refractivity contribution in [2.75, 3.05) is 6.54 Å². The van der Waals surface area contributed by atoms with Crippen LogP contribution in [-0.4, -0.2) is 60.7 Å². The van der Waals surface area contributed by atoms with Crippen LogP contribution in [0.15, 0.2) is 30.3 Å². The number of amides is 1. The van der Waals surface area contributed by atoms with E-state index >= 15 is 0 Å². The van der Waals surface area contributed by atoms with Crippen molar-refractivity contribution in [2.45, 2.75) is 42.3 Å². The number of hydrogen-bond donors (Lipinski definition) is 0. The molecule has 2 rings (SSSR count). The average molecular weight is 482 g/mol. The molecule has 1 aliphatic heterocycles. The van der Waals surface area contributed by atoms with E-state index in [0.717, 1.165) is 31.3 Å². The fourth-order valence-electron chi connectivity index (χ4n) is 2.22. The van der Waals surface area contributed by atoms with E-state index in [1.165, 1.54) is 0 Å². The Hall–Kier alpha value is -0.918. The molecule has 2 unspecified atom stereocenters. The van der Waals surface area contributed by atoms with Crippen LogP contribution in [0, 0.1) is 0 Å². The van der Waals surface area contributed by atoms with Gasteiger partial charge >= 0.3 is 142 Å². The molecule has 1 amide bonds. The van der Waals surface area contributed by atoms with Crippen LogP contribution in [-0.2, 0) is 14.3 Å². The van der Waals surface area contributed by atoms with E-state index < -0.39 is 11.6 Å². The average Bonchev–Trinajstić information content (AvgIpc) is 2.35. The molecule has 1 fully saturated rings. The molecule has 1 saturated heterocycles. The molecule has 5 heteroatoms. The van der Waals surface area contributed by atoms with Gasteiger partial charge in [-0.05, 0) is 0 Å². The second-order valence-electron chi connectivity index (χ2n) is 6.21. The summed E-state index contributed by atoms with van der Waals surface area (Å²) in [5, 5.41) is 0. The first-order chi connectivity index (χ1) is 9.79. The predicted molar refractivity (Wildman–Crippen MR) is 80.9 cm³/mol. The molecule has 111 valence electrons. The summed E-state index contributed by atoms with van der Waals surface area (Å²) < 4.78 is 5.29. The minimum atomic E-state index is -0.513. The Morgan fingerprint density at radius 3 is 2.38 bits per heavy atom. The quantitative estimate of drug-likeness (QED) is 0.489. The molecule has 0 spiro atoms. The predicted octanol–water partition coefficient (Wildman–Crippen LogP) is 1.84. The van der Waals surface area contributed by atoms with Gasteiger partial charge in [0, 0.05) is 0 Å². The van der Waals surface area contributed by atoms with Crippen molar-refractivity contribution in [3.05, 3.63) is 35.9 Å². The zero-order valence-electron chi connectivity index (χ0n) is 12.6. The molecule has 1 aliphatic rings. The van der Waals surface area contributed by atoms with Crippen LogP contribution in [0.2, 0.25) is 0 Å². The summed E-state index contributed by atoms with van der Waals surface area (Å²) in [4.78, 5) is 26.3. The van der Waals surface area contributed by atoms with Gasteiger partial charge in [-0.1, -0.05) is 0 Å².